The fourth-order valence-electron chi connectivity index (χ4n) is 1.24. The van der Waals surface area contributed by atoms with Gasteiger partial charge in [-0.05, 0) is 6.92 Å². The quantitative estimate of drug-likeness (QED) is 0.614. The standard InChI is InChI=1S/C11H18N.2ClH/c1-10-5-7-11(8-6-10)9-12(2,3)4;;/h5-8H,9H2,1-4H3;2*1H/q+1;;/p-1. The lowest BCUT2D eigenvalue weighted by molar-refractivity contribution is -0.884. The summed E-state index contributed by atoms with van der Waals surface area (Å²) in [5.41, 5.74) is 2.74. The lowest BCUT2D eigenvalue weighted by atomic mass is 10.1. The average molecular weight is 236 g/mol. The molecular weight excluding hydrogens is 217 g/mol. The van der Waals surface area contributed by atoms with E-state index in [0.717, 1.165) is 11.0 Å². The Morgan fingerprint density at radius 3 is 1.79 bits per heavy atom. The molecule has 0 aliphatic carbocycles. The van der Waals surface area contributed by atoms with E-state index >= 15 is 0 Å². The minimum atomic E-state index is 0. The van der Waals surface area contributed by atoms with Crippen LogP contribution >= 0.6 is 12.4 Å². The van der Waals surface area contributed by atoms with Gasteiger partial charge < -0.3 is 16.9 Å². The van der Waals surface area contributed by atoms with Gasteiger partial charge in [-0.1, -0.05) is 29.8 Å². The van der Waals surface area contributed by atoms with Crippen LogP contribution in [-0.2, 0) is 6.54 Å². The Balaban J connectivity index is 0. The van der Waals surface area contributed by atoms with E-state index in [-0.39, 0.29) is 24.8 Å². The smallest absolute Gasteiger partial charge is 0.104 e. The van der Waals surface area contributed by atoms with Gasteiger partial charge in [-0.25, -0.2) is 0 Å². The number of hydrogen-bond donors (Lipinski definition) is 0. The summed E-state index contributed by atoms with van der Waals surface area (Å²) in [5.74, 6) is 0. The summed E-state index contributed by atoms with van der Waals surface area (Å²) in [6.45, 7) is 3.22. The summed E-state index contributed by atoms with van der Waals surface area (Å²) in [6.07, 6.45) is 0. The molecule has 0 saturated heterocycles. The van der Waals surface area contributed by atoms with Crippen LogP contribution in [-0.4, -0.2) is 25.6 Å². The highest BCUT2D eigenvalue weighted by molar-refractivity contribution is 5.85. The number of hydrogen-bond acceptors (Lipinski definition) is 0. The van der Waals surface area contributed by atoms with Crippen LogP contribution in [0.4, 0.5) is 0 Å². The second-order valence-electron chi connectivity index (χ2n) is 4.43. The van der Waals surface area contributed by atoms with Crippen molar-refractivity contribution in [2.45, 2.75) is 13.5 Å². The van der Waals surface area contributed by atoms with E-state index < -0.39 is 0 Å². The number of nitrogens with zero attached hydrogens (tertiary/aromatic N) is 1. The first-order valence-electron chi connectivity index (χ1n) is 4.33. The Labute approximate surface area is 99.5 Å². The predicted octanol–water partition coefficient (Wildman–Crippen LogP) is -0.373. The molecule has 0 saturated carbocycles. The number of halogens is 2. The van der Waals surface area contributed by atoms with Crippen molar-refractivity contribution in [2.75, 3.05) is 21.1 Å². The van der Waals surface area contributed by atoms with Crippen molar-refractivity contribution < 1.29 is 16.9 Å². The topological polar surface area (TPSA) is 0 Å². The molecule has 0 aromatic heterocycles. The molecule has 0 amide bonds. The molecule has 0 unspecified atom stereocenters. The van der Waals surface area contributed by atoms with E-state index in [1.54, 1.807) is 0 Å². The van der Waals surface area contributed by atoms with Gasteiger partial charge in [0.05, 0.1) is 21.1 Å². The second-order valence-corrected chi connectivity index (χ2v) is 4.43. The van der Waals surface area contributed by atoms with Crippen molar-refractivity contribution in [1.29, 1.82) is 0 Å². The summed E-state index contributed by atoms with van der Waals surface area (Å²) < 4.78 is 0.989. The Morgan fingerprint density at radius 1 is 1.00 bits per heavy atom. The Bertz CT molecular complexity index is 249. The van der Waals surface area contributed by atoms with Crippen molar-refractivity contribution in [3.8, 4) is 0 Å². The summed E-state index contributed by atoms with van der Waals surface area (Å²) in [6, 6.07) is 8.76. The lowest BCUT2D eigenvalue weighted by Crippen LogP contribution is -3.00. The van der Waals surface area contributed by atoms with Crippen LogP contribution in [0.2, 0.25) is 0 Å². The predicted molar refractivity (Wildman–Crippen MR) is 60.2 cm³/mol. The fourth-order valence-corrected chi connectivity index (χ4v) is 1.24. The molecule has 0 atom stereocenters. The van der Waals surface area contributed by atoms with Crippen LogP contribution in [0.1, 0.15) is 11.1 Å². The van der Waals surface area contributed by atoms with Crippen LogP contribution in [0.5, 0.6) is 0 Å². The van der Waals surface area contributed by atoms with E-state index in [2.05, 4.69) is 52.3 Å². The van der Waals surface area contributed by atoms with Crippen LogP contribution in [0.15, 0.2) is 24.3 Å². The second kappa shape index (κ2) is 6.28. The number of quaternary nitrogens is 1. The van der Waals surface area contributed by atoms with E-state index in [9.17, 15) is 0 Å². The van der Waals surface area contributed by atoms with Crippen LogP contribution < -0.4 is 12.4 Å². The Kier molecular flexibility index (Phi) is 7.27. The zero-order valence-electron chi connectivity index (χ0n) is 9.25. The molecule has 14 heavy (non-hydrogen) atoms. The summed E-state index contributed by atoms with van der Waals surface area (Å²) >= 11 is 0. The van der Waals surface area contributed by atoms with Crippen molar-refractivity contribution in [3.63, 3.8) is 0 Å². The Hall–Kier alpha value is -0.240. The third kappa shape index (κ3) is 6.25. The minimum absolute atomic E-state index is 0. The van der Waals surface area contributed by atoms with E-state index in [4.69, 9.17) is 0 Å². The molecule has 0 fully saturated rings. The Morgan fingerprint density at radius 2 is 1.43 bits per heavy atom. The lowest BCUT2D eigenvalue weighted by Gasteiger charge is -2.23. The minimum Gasteiger partial charge on any atom is -1.00 e. The number of rotatable bonds is 2. The molecule has 1 rings (SSSR count). The van der Waals surface area contributed by atoms with E-state index in [0.29, 0.717) is 0 Å². The fraction of sp³-hybridized carbons (Fsp3) is 0.455. The maximum Gasteiger partial charge on any atom is 0.104 e. The molecule has 1 nitrogen and oxygen atoms in total. The first kappa shape index (κ1) is 16.2. The average Bonchev–Trinajstić information content (AvgIpc) is 1.91. The normalized spacial score (nSPS) is 10.0. The van der Waals surface area contributed by atoms with E-state index in [1.807, 2.05) is 0 Å². The van der Waals surface area contributed by atoms with Crippen molar-refractivity contribution >= 4 is 12.4 Å². The molecule has 1 aromatic rings. The van der Waals surface area contributed by atoms with Crippen molar-refractivity contribution in [1.82, 2.24) is 0 Å². The van der Waals surface area contributed by atoms with Gasteiger partial charge in [0, 0.05) is 5.56 Å². The molecule has 0 heterocycles. The molecule has 0 bridgehead atoms. The van der Waals surface area contributed by atoms with Gasteiger partial charge in [-0.15, -0.1) is 12.4 Å². The number of aryl methyl sites for hydroxylation is 1. The van der Waals surface area contributed by atoms with Gasteiger partial charge >= 0.3 is 0 Å². The molecule has 0 spiro atoms. The van der Waals surface area contributed by atoms with Gasteiger partial charge in [0.2, 0.25) is 0 Å². The zero-order valence-corrected chi connectivity index (χ0v) is 10.8. The molecule has 1 aromatic carbocycles. The first-order chi connectivity index (χ1) is 5.47. The summed E-state index contributed by atoms with van der Waals surface area (Å²) in [7, 11) is 6.62. The molecule has 0 radical (unpaired) electrons. The SMILES string of the molecule is Cc1ccc(C[N+](C)(C)C)cc1.Cl.[Cl-]. The molecular formula is C11H19Cl2N. The van der Waals surface area contributed by atoms with Gasteiger partial charge in [-0.3, -0.25) is 0 Å². The summed E-state index contributed by atoms with van der Waals surface area (Å²) in [4.78, 5) is 0. The third-order valence-electron chi connectivity index (χ3n) is 1.78. The van der Waals surface area contributed by atoms with E-state index in [1.165, 1.54) is 11.1 Å². The van der Waals surface area contributed by atoms with Crippen molar-refractivity contribution in [3.05, 3.63) is 35.4 Å². The highest BCUT2D eigenvalue weighted by Gasteiger charge is 2.07. The highest BCUT2D eigenvalue weighted by atomic mass is 35.5. The molecule has 0 aliphatic heterocycles. The highest BCUT2D eigenvalue weighted by Crippen LogP contribution is 2.07. The molecule has 0 aliphatic rings. The molecule has 3 heteroatoms. The van der Waals surface area contributed by atoms with Gasteiger partial charge in [0.15, 0.2) is 0 Å². The van der Waals surface area contributed by atoms with Crippen molar-refractivity contribution in [2.24, 2.45) is 0 Å². The maximum atomic E-state index is 2.21. The molecule has 82 valence electrons. The number of benzene rings is 1. The van der Waals surface area contributed by atoms with Crippen LogP contribution in [0.3, 0.4) is 0 Å². The van der Waals surface area contributed by atoms with Gasteiger partial charge in [0.25, 0.3) is 0 Å². The largest absolute Gasteiger partial charge is 1.00 e. The molecule has 0 N–H and O–H groups in total. The van der Waals surface area contributed by atoms with Gasteiger partial charge in [-0.2, -0.15) is 0 Å². The zero-order chi connectivity index (χ0) is 9.19. The van der Waals surface area contributed by atoms with Crippen LogP contribution in [0, 0.1) is 6.92 Å². The third-order valence-corrected chi connectivity index (χ3v) is 1.78. The monoisotopic (exact) mass is 235 g/mol. The maximum absolute atomic E-state index is 2.21. The first-order valence-corrected chi connectivity index (χ1v) is 4.33. The van der Waals surface area contributed by atoms with Gasteiger partial charge in [0.1, 0.15) is 6.54 Å². The van der Waals surface area contributed by atoms with Crippen LogP contribution in [0.25, 0.3) is 0 Å². The summed E-state index contributed by atoms with van der Waals surface area (Å²) in [5, 5.41) is 0.